The van der Waals surface area contributed by atoms with Crippen molar-refractivity contribution in [2.75, 3.05) is 20.1 Å². The van der Waals surface area contributed by atoms with Crippen LogP contribution in [0.3, 0.4) is 0 Å². The molecule has 0 aliphatic rings. The quantitative estimate of drug-likeness (QED) is 0.539. The van der Waals surface area contributed by atoms with E-state index in [2.05, 4.69) is 91.6 Å². The number of nitrogens with zero attached hydrogens (tertiary/aromatic N) is 3. The third kappa shape index (κ3) is 5.87. The molecule has 0 fully saturated rings. The highest BCUT2D eigenvalue weighted by atomic mass is 15.1. The van der Waals surface area contributed by atoms with Gasteiger partial charge < -0.3 is 0 Å². The van der Waals surface area contributed by atoms with E-state index in [4.69, 9.17) is 9.98 Å². The van der Waals surface area contributed by atoms with E-state index in [9.17, 15) is 0 Å². The molecule has 0 aliphatic heterocycles. The van der Waals surface area contributed by atoms with Gasteiger partial charge in [-0.15, -0.1) is 0 Å². The third-order valence-corrected chi connectivity index (χ3v) is 4.87. The molecule has 0 bridgehead atoms. The number of rotatable bonds is 6. The molecule has 0 unspecified atom stereocenters. The van der Waals surface area contributed by atoms with Crippen molar-refractivity contribution in [1.82, 2.24) is 4.90 Å². The van der Waals surface area contributed by atoms with Crippen molar-refractivity contribution in [3.05, 3.63) is 57.6 Å². The molecule has 0 saturated heterocycles. The lowest BCUT2D eigenvalue weighted by Gasteiger charge is -2.17. The van der Waals surface area contributed by atoms with Gasteiger partial charge in [0, 0.05) is 24.5 Å². The number of hydrogen-bond acceptors (Lipinski definition) is 3. The maximum absolute atomic E-state index is 4.90. The molecule has 0 saturated carbocycles. The van der Waals surface area contributed by atoms with E-state index in [1.54, 1.807) is 0 Å². The highest BCUT2D eigenvalue weighted by Gasteiger charge is 2.08. The molecule has 0 N–H and O–H groups in total. The first-order valence-electron chi connectivity index (χ1n) is 9.99. The second-order valence-corrected chi connectivity index (χ2v) is 8.36. The zero-order chi connectivity index (χ0) is 21.0. The van der Waals surface area contributed by atoms with Gasteiger partial charge in [-0.2, -0.15) is 0 Å². The summed E-state index contributed by atoms with van der Waals surface area (Å²) >= 11 is 0. The van der Waals surface area contributed by atoms with E-state index in [0.717, 1.165) is 35.9 Å². The molecule has 0 atom stereocenters. The van der Waals surface area contributed by atoms with Gasteiger partial charge in [0.2, 0.25) is 0 Å². The largest absolute Gasteiger partial charge is 0.295 e. The van der Waals surface area contributed by atoms with Crippen LogP contribution in [-0.2, 0) is 0 Å². The zero-order valence-electron chi connectivity index (χ0n) is 19.1. The van der Waals surface area contributed by atoms with Gasteiger partial charge in [0.25, 0.3) is 0 Å². The summed E-state index contributed by atoms with van der Waals surface area (Å²) in [5, 5.41) is 0. The van der Waals surface area contributed by atoms with Gasteiger partial charge in [0.15, 0.2) is 0 Å². The van der Waals surface area contributed by atoms with E-state index in [0.29, 0.717) is 0 Å². The Bertz CT molecular complexity index is 798. The second kappa shape index (κ2) is 9.29. The van der Waals surface area contributed by atoms with Crippen LogP contribution in [0.25, 0.3) is 0 Å². The Morgan fingerprint density at radius 3 is 1.21 bits per heavy atom. The van der Waals surface area contributed by atoms with Crippen molar-refractivity contribution >= 4 is 22.8 Å². The molecule has 3 heteroatoms. The maximum Gasteiger partial charge on any atom is 0.0687 e. The minimum atomic E-state index is 0.825. The van der Waals surface area contributed by atoms with Gasteiger partial charge in [-0.25, -0.2) is 0 Å². The molecule has 2 aromatic rings. The third-order valence-electron chi connectivity index (χ3n) is 4.87. The topological polar surface area (TPSA) is 28.0 Å². The Morgan fingerprint density at radius 1 is 0.643 bits per heavy atom. The number of benzene rings is 2. The van der Waals surface area contributed by atoms with Crippen LogP contribution in [-0.4, -0.2) is 36.5 Å². The summed E-state index contributed by atoms with van der Waals surface area (Å²) in [7, 11) is 2.13. The van der Waals surface area contributed by atoms with Gasteiger partial charge in [-0.1, -0.05) is 35.4 Å². The Balaban J connectivity index is 2.10. The molecular formula is C25H35N3. The summed E-state index contributed by atoms with van der Waals surface area (Å²) in [5.41, 5.74) is 12.0. The van der Waals surface area contributed by atoms with E-state index in [-0.39, 0.29) is 0 Å². The van der Waals surface area contributed by atoms with E-state index in [1.807, 2.05) is 0 Å². The minimum Gasteiger partial charge on any atom is -0.295 e. The van der Waals surface area contributed by atoms with Crippen LogP contribution in [0, 0.1) is 41.5 Å². The van der Waals surface area contributed by atoms with Crippen molar-refractivity contribution in [3.8, 4) is 0 Å². The van der Waals surface area contributed by atoms with Gasteiger partial charge in [0.1, 0.15) is 0 Å². The van der Waals surface area contributed by atoms with Crippen molar-refractivity contribution in [1.29, 1.82) is 0 Å². The van der Waals surface area contributed by atoms with E-state index >= 15 is 0 Å². The molecule has 0 heterocycles. The molecule has 0 radical (unpaired) electrons. The monoisotopic (exact) mass is 377 g/mol. The lowest BCUT2D eigenvalue weighted by Crippen LogP contribution is -2.29. The van der Waals surface area contributed by atoms with Gasteiger partial charge in [0.05, 0.1) is 11.4 Å². The summed E-state index contributed by atoms with van der Waals surface area (Å²) < 4.78 is 0. The van der Waals surface area contributed by atoms with Crippen molar-refractivity contribution in [3.63, 3.8) is 0 Å². The fourth-order valence-electron chi connectivity index (χ4n) is 3.99. The van der Waals surface area contributed by atoms with Crippen molar-refractivity contribution in [2.24, 2.45) is 9.98 Å². The molecule has 3 nitrogen and oxygen atoms in total. The summed E-state index contributed by atoms with van der Waals surface area (Å²) in [6.45, 7) is 18.7. The number of aryl methyl sites for hydroxylation is 6. The Labute approximate surface area is 171 Å². The number of aliphatic imine (C=N–C) groups is 2. The first kappa shape index (κ1) is 22.0. The molecular weight excluding hydrogens is 342 g/mol. The van der Waals surface area contributed by atoms with Crippen LogP contribution < -0.4 is 0 Å². The summed E-state index contributed by atoms with van der Waals surface area (Å²) in [4.78, 5) is 12.1. The molecule has 150 valence electrons. The number of hydrogen-bond donors (Lipinski definition) is 0. The lowest BCUT2D eigenvalue weighted by molar-refractivity contribution is 0.435. The van der Waals surface area contributed by atoms with Crippen LogP contribution in [0.1, 0.15) is 47.2 Å². The molecule has 0 spiro atoms. The van der Waals surface area contributed by atoms with Crippen LogP contribution in [0.2, 0.25) is 0 Å². The fourth-order valence-corrected chi connectivity index (χ4v) is 3.99. The Hall–Kier alpha value is -2.26. The van der Waals surface area contributed by atoms with Crippen LogP contribution in [0.5, 0.6) is 0 Å². The highest BCUT2D eigenvalue weighted by molar-refractivity contribution is 5.90. The highest BCUT2D eigenvalue weighted by Crippen LogP contribution is 2.26. The predicted molar refractivity (Wildman–Crippen MR) is 124 cm³/mol. The minimum absolute atomic E-state index is 0.825. The first-order valence-corrected chi connectivity index (χ1v) is 9.99. The van der Waals surface area contributed by atoms with Crippen LogP contribution in [0.15, 0.2) is 34.3 Å². The molecule has 2 aromatic carbocycles. The Kier molecular flexibility index (Phi) is 7.31. The molecule has 0 amide bonds. The van der Waals surface area contributed by atoms with Gasteiger partial charge >= 0.3 is 0 Å². The van der Waals surface area contributed by atoms with Crippen molar-refractivity contribution < 1.29 is 0 Å². The second-order valence-electron chi connectivity index (χ2n) is 8.36. The van der Waals surface area contributed by atoms with E-state index < -0.39 is 0 Å². The standard InChI is InChI=1S/C25H35N3/c1-16-10-18(3)24(19(4)11-16)26-22(7)14-28(9)15-23(8)27-25-20(5)12-17(2)13-21(25)6/h10-13H,14-15H2,1-9H3. The van der Waals surface area contributed by atoms with Crippen LogP contribution in [0.4, 0.5) is 11.4 Å². The van der Waals surface area contributed by atoms with Gasteiger partial charge in [-0.05, 0) is 84.7 Å². The predicted octanol–water partition coefficient (Wildman–Crippen LogP) is 6.35. The fraction of sp³-hybridized carbons (Fsp3) is 0.440. The molecule has 0 aliphatic carbocycles. The lowest BCUT2D eigenvalue weighted by atomic mass is 10.1. The van der Waals surface area contributed by atoms with Crippen LogP contribution >= 0.6 is 0 Å². The maximum atomic E-state index is 4.90. The smallest absolute Gasteiger partial charge is 0.0687 e. The summed E-state index contributed by atoms with van der Waals surface area (Å²) in [6, 6.07) is 8.80. The summed E-state index contributed by atoms with van der Waals surface area (Å²) in [6.07, 6.45) is 0. The first-order chi connectivity index (χ1) is 13.1. The van der Waals surface area contributed by atoms with E-state index in [1.165, 1.54) is 33.4 Å². The molecule has 2 rings (SSSR count). The van der Waals surface area contributed by atoms with Gasteiger partial charge in [-0.3, -0.25) is 14.9 Å². The molecule has 28 heavy (non-hydrogen) atoms. The zero-order valence-corrected chi connectivity index (χ0v) is 19.1. The Morgan fingerprint density at radius 2 is 0.929 bits per heavy atom. The normalized spacial score (nSPS) is 12.8. The average molecular weight is 378 g/mol. The SMILES string of the molecule is CC(CN(C)CC(C)=Nc1c(C)cc(C)cc1C)=Nc1c(C)cc(C)cc1C. The average Bonchev–Trinajstić information content (AvgIpc) is 2.54. The summed E-state index contributed by atoms with van der Waals surface area (Å²) in [5.74, 6) is 0. The van der Waals surface area contributed by atoms with Crippen molar-refractivity contribution in [2.45, 2.75) is 55.4 Å². The molecule has 0 aromatic heterocycles.